The van der Waals surface area contributed by atoms with Crippen LogP contribution >= 0.6 is 11.8 Å². The molecule has 3 aromatic carbocycles. The van der Waals surface area contributed by atoms with Crippen LogP contribution in [-0.4, -0.2) is 26.4 Å². The second-order valence-corrected chi connectivity index (χ2v) is 9.24. The van der Waals surface area contributed by atoms with Crippen LogP contribution < -0.4 is 5.32 Å². The van der Waals surface area contributed by atoms with Crippen molar-refractivity contribution >= 4 is 17.7 Å². The molecule has 0 fully saturated rings. The van der Waals surface area contributed by atoms with Gasteiger partial charge in [-0.1, -0.05) is 103 Å². The standard InChI is InChI=1S/C28H30N4OS/c1-22-30-31-28(32(22)20-24-14-7-3-8-15-24)34-21-27(33)29-26(25-17-9-4-10-18-25)19-11-16-23-12-5-2-6-13-23/h2-10,12-15,17-18,26H,11,16,19-21H2,1H3,(H,29,33). The number of nitrogens with one attached hydrogen (secondary N) is 1. The lowest BCUT2D eigenvalue weighted by Crippen LogP contribution is -2.30. The van der Waals surface area contributed by atoms with E-state index in [1.165, 1.54) is 22.9 Å². The van der Waals surface area contributed by atoms with Gasteiger partial charge in [0, 0.05) is 0 Å². The third-order valence-corrected chi connectivity index (χ3v) is 6.72. The summed E-state index contributed by atoms with van der Waals surface area (Å²) in [5.41, 5.74) is 3.64. The zero-order valence-electron chi connectivity index (χ0n) is 19.4. The molecule has 34 heavy (non-hydrogen) atoms. The van der Waals surface area contributed by atoms with Gasteiger partial charge in [0.15, 0.2) is 5.16 Å². The summed E-state index contributed by atoms with van der Waals surface area (Å²) in [6, 6.07) is 30.9. The van der Waals surface area contributed by atoms with Gasteiger partial charge < -0.3 is 9.88 Å². The number of aryl methyl sites for hydroxylation is 2. The maximum atomic E-state index is 12.9. The highest BCUT2D eigenvalue weighted by atomic mass is 32.2. The van der Waals surface area contributed by atoms with E-state index in [0.29, 0.717) is 12.3 Å². The van der Waals surface area contributed by atoms with Crippen molar-refractivity contribution in [1.82, 2.24) is 20.1 Å². The maximum Gasteiger partial charge on any atom is 0.230 e. The quantitative estimate of drug-likeness (QED) is 0.290. The summed E-state index contributed by atoms with van der Waals surface area (Å²) >= 11 is 1.43. The van der Waals surface area contributed by atoms with E-state index in [9.17, 15) is 4.79 Å². The van der Waals surface area contributed by atoms with Gasteiger partial charge in [-0.05, 0) is 42.9 Å². The van der Waals surface area contributed by atoms with Gasteiger partial charge >= 0.3 is 0 Å². The van der Waals surface area contributed by atoms with Crippen molar-refractivity contribution in [1.29, 1.82) is 0 Å². The third kappa shape index (κ3) is 6.81. The molecule has 4 aromatic rings. The molecule has 1 N–H and O–H groups in total. The number of benzene rings is 3. The molecule has 1 amide bonds. The van der Waals surface area contributed by atoms with Gasteiger partial charge in [0.1, 0.15) is 5.82 Å². The Hall–Kier alpha value is -3.38. The maximum absolute atomic E-state index is 12.9. The second-order valence-electron chi connectivity index (χ2n) is 8.30. The molecule has 1 heterocycles. The molecule has 0 aliphatic rings. The van der Waals surface area contributed by atoms with E-state index in [1.54, 1.807) is 0 Å². The average molecular weight is 471 g/mol. The van der Waals surface area contributed by atoms with E-state index in [1.807, 2.05) is 49.4 Å². The fourth-order valence-electron chi connectivity index (χ4n) is 3.94. The zero-order chi connectivity index (χ0) is 23.6. The van der Waals surface area contributed by atoms with Crippen LogP contribution in [-0.2, 0) is 17.8 Å². The number of thioether (sulfide) groups is 1. The number of hydrogen-bond donors (Lipinski definition) is 1. The Bertz CT molecular complexity index is 1160. The van der Waals surface area contributed by atoms with E-state index in [0.717, 1.165) is 35.8 Å². The number of amides is 1. The van der Waals surface area contributed by atoms with Crippen LogP contribution in [0.3, 0.4) is 0 Å². The highest BCUT2D eigenvalue weighted by Crippen LogP contribution is 2.22. The summed E-state index contributed by atoms with van der Waals surface area (Å²) in [4.78, 5) is 12.9. The number of rotatable bonds is 11. The molecule has 5 nitrogen and oxygen atoms in total. The van der Waals surface area contributed by atoms with Crippen LogP contribution in [0.4, 0.5) is 0 Å². The van der Waals surface area contributed by atoms with Crippen LogP contribution in [0.15, 0.2) is 96.2 Å². The highest BCUT2D eigenvalue weighted by Gasteiger charge is 2.17. The molecule has 0 saturated heterocycles. The van der Waals surface area contributed by atoms with E-state index in [2.05, 4.69) is 68.6 Å². The lowest BCUT2D eigenvalue weighted by atomic mass is 9.99. The van der Waals surface area contributed by atoms with Crippen molar-refractivity contribution in [2.75, 3.05) is 5.75 Å². The minimum atomic E-state index is -0.0121. The first kappa shape index (κ1) is 23.8. The molecule has 0 radical (unpaired) electrons. The van der Waals surface area contributed by atoms with Crippen molar-refractivity contribution in [3.05, 3.63) is 114 Å². The Labute approximate surface area is 205 Å². The SMILES string of the molecule is Cc1nnc(SCC(=O)NC(CCCc2ccccc2)c2ccccc2)n1Cc1ccccc1. The summed E-state index contributed by atoms with van der Waals surface area (Å²) in [7, 11) is 0. The van der Waals surface area contributed by atoms with Crippen molar-refractivity contribution in [2.45, 2.75) is 43.9 Å². The van der Waals surface area contributed by atoms with Crippen molar-refractivity contribution in [3.8, 4) is 0 Å². The topological polar surface area (TPSA) is 59.8 Å². The molecule has 1 aromatic heterocycles. The van der Waals surface area contributed by atoms with Crippen LogP contribution in [0, 0.1) is 6.92 Å². The van der Waals surface area contributed by atoms with Gasteiger partial charge in [0.05, 0.1) is 18.3 Å². The molecular weight excluding hydrogens is 440 g/mol. The molecule has 0 spiro atoms. The smallest absolute Gasteiger partial charge is 0.230 e. The van der Waals surface area contributed by atoms with Crippen LogP contribution in [0.1, 0.15) is 41.4 Å². The van der Waals surface area contributed by atoms with Crippen LogP contribution in [0.25, 0.3) is 0 Å². The predicted octanol–water partition coefficient (Wildman–Crippen LogP) is 5.61. The van der Waals surface area contributed by atoms with Gasteiger partial charge in [-0.25, -0.2) is 0 Å². The molecule has 1 unspecified atom stereocenters. The number of aromatic nitrogens is 3. The van der Waals surface area contributed by atoms with Crippen LogP contribution in [0.5, 0.6) is 0 Å². The zero-order valence-corrected chi connectivity index (χ0v) is 20.2. The van der Waals surface area contributed by atoms with E-state index < -0.39 is 0 Å². The molecule has 0 bridgehead atoms. The van der Waals surface area contributed by atoms with Gasteiger partial charge in [-0.2, -0.15) is 0 Å². The summed E-state index contributed by atoms with van der Waals surface area (Å²) < 4.78 is 2.06. The summed E-state index contributed by atoms with van der Waals surface area (Å²) in [5, 5.41) is 12.5. The van der Waals surface area contributed by atoms with Crippen molar-refractivity contribution in [3.63, 3.8) is 0 Å². The Morgan fingerprint density at radius 1 is 0.882 bits per heavy atom. The minimum Gasteiger partial charge on any atom is -0.349 e. The molecule has 0 aliphatic carbocycles. The molecule has 0 saturated carbocycles. The first-order valence-corrected chi connectivity index (χ1v) is 12.6. The van der Waals surface area contributed by atoms with Crippen LogP contribution in [0.2, 0.25) is 0 Å². The average Bonchev–Trinajstić information content (AvgIpc) is 3.23. The fourth-order valence-corrected chi connectivity index (χ4v) is 4.74. The number of carbonyl (C=O) groups excluding carboxylic acids is 1. The monoisotopic (exact) mass is 470 g/mol. The van der Waals surface area contributed by atoms with E-state index in [-0.39, 0.29) is 11.9 Å². The second kappa shape index (κ2) is 12.2. The number of nitrogens with zero attached hydrogens (tertiary/aromatic N) is 3. The Kier molecular flexibility index (Phi) is 8.52. The molecule has 6 heteroatoms. The first-order chi connectivity index (χ1) is 16.7. The Balaban J connectivity index is 1.35. The molecule has 4 rings (SSSR count). The largest absolute Gasteiger partial charge is 0.349 e. The third-order valence-electron chi connectivity index (χ3n) is 5.76. The lowest BCUT2D eigenvalue weighted by Gasteiger charge is -2.19. The summed E-state index contributed by atoms with van der Waals surface area (Å²) in [6.07, 6.45) is 2.89. The lowest BCUT2D eigenvalue weighted by molar-refractivity contribution is -0.119. The molecular formula is C28H30N4OS. The highest BCUT2D eigenvalue weighted by molar-refractivity contribution is 7.99. The minimum absolute atomic E-state index is 0.00507. The van der Waals surface area contributed by atoms with Crippen molar-refractivity contribution in [2.24, 2.45) is 0 Å². The van der Waals surface area contributed by atoms with Crippen molar-refractivity contribution < 1.29 is 4.79 Å². The van der Waals surface area contributed by atoms with Gasteiger partial charge in [-0.3, -0.25) is 4.79 Å². The van der Waals surface area contributed by atoms with Gasteiger partial charge in [0.25, 0.3) is 0 Å². The summed E-state index contributed by atoms with van der Waals surface area (Å²) in [6.45, 7) is 2.63. The fraction of sp³-hybridized carbons (Fsp3) is 0.250. The molecule has 174 valence electrons. The summed E-state index contributed by atoms with van der Waals surface area (Å²) in [5.74, 6) is 1.15. The number of carbonyl (C=O) groups is 1. The van der Waals surface area contributed by atoms with E-state index >= 15 is 0 Å². The number of hydrogen-bond acceptors (Lipinski definition) is 4. The van der Waals surface area contributed by atoms with E-state index in [4.69, 9.17) is 0 Å². The first-order valence-electron chi connectivity index (χ1n) is 11.6. The van der Waals surface area contributed by atoms with Gasteiger partial charge in [0.2, 0.25) is 5.91 Å². The molecule has 0 aliphatic heterocycles. The van der Waals surface area contributed by atoms with Gasteiger partial charge in [-0.15, -0.1) is 10.2 Å². The molecule has 1 atom stereocenters. The Morgan fingerprint density at radius 3 is 2.18 bits per heavy atom. The normalized spacial score (nSPS) is 11.8. The predicted molar refractivity (Wildman–Crippen MR) is 138 cm³/mol. The Morgan fingerprint density at radius 2 is 1.50 bits per heavy atom.